The summed E-state index contributed by atoms with van der Waals surface area (Å²) in [5.74, 6) is 1.74. The molecule has 7 heteroatoms. The van der Waals surface area contributed by atoms with Crippen LogP contribution in [0.5, 0.6) is 0 Å². The molecular formula is C18H24N6O. The maximum atomic E-state index is 13.3. The molecule has 132 valence electrons. The van der Waals surface area contributed by atoms with Crippen molar-refractivity contribution in [1.29, 1.82) is 0 Å². The zero-order valence-corrected chi connectivity index (χ0v) is 14.5. The summed E-state index contributed by atoms with van der Waals surface area (Å²) in [7, 11) is 0. The zero-order valence-electron chi connectivity index (χ0n) is 14.5. The molecular weight excluding hydrogens is 316 g/mol. The fourth-order valence-electron chi connectivity index (χ4n) is 4.34. The van der Waals surface area contributed by atoms with Gasteiger partial charge < -0.3 is 10.6 Å². The van der Waals surface area contributed by atoms with E-state index in [4.69, 9.17) is 5.73 Å². The summed E-state index contributed by atoms with van der Waals surface area (Å²) in [6.45, 7) is 3.40. The van der Waals surface area contributed by atoms with Crippen LogP contribution in [0.4, 0.5) is 0 Å². The first-order valence-corrected chi connectivity index (χ1v) is 8.96. The molecule has 25 heavy (non-hydrogen) atoms. The predicted octanol–water partition coefficient (Wildman–Crippen LogP) is 0.961. The van der Waals surface area contributed by atoms with Crippen LogP contribution in [0, 0.1) is 18.8 Å². The van der Waals surface area contributed by atoms with Crippen LogP contribution in [0.1, 0.15) is 30.3 Å². The van der Waals surface area contributed by atoms with E-state index in [1.807, 2.05) is 42.2 Å². The van der Waals surface area contributed by atoms with Crippen LogP contribution >= 0.6 is 0 Å². The van der Waals surface area contributed by atoms with Gasteiger partial charge in [-0.15, -0.1) is 5.10 Å². The molecule has 1 amide bonds. The van der Waals surface area contributed by atoms with Crippen LogP contribution < -0.4 is 5.73 Å². The molecule has 1 saturated heterocycles. The molecule has 4 atom stereocenters. The number of nitrogens with two attached hydrogens (primary N) is 1. The van der Waals surface area contributed by atoms with E-state index in [9.17, 15) is 4.79 Å². The quantitative estimate of drug-likeness (QED) is 0.895. The standard InChI is InChI=1S/C18H24N6O/c1-12-20-21-22-24(12)17(9-13-5-3-2-4-6-13)18(25)23-10-14-7-8-16(19)15(14)11-23/h2-6,14-17H,7-11,19H2,1H3. The van der Waals surface area contributed by atoms with Gasteiger partial charge >= 0.3 is 0 Å². The number of hydrogen-bond donors (Lipinski definition) is 1. The van der Waals surface area contributed by atoms with Gasteiger partial charge in [0.25, 0.3) is 0 Å². The van der Waals surface area contributed by atoms with Crippen molar-refractivity contribution in [3.05, 3.63) is 41.7 Å². The summed E-state index contributed by atoms with van der Waals surface area (Å²) in [5, 5.41) is 11.8. The normalized spacial score (nSPS) is 26.6. The van der Waals surface area contributed by atoms with Gasteiger partial charge in [0.2, 0.25) is 5.91 Å². The Hall–Kier alpha value is -2.28. The molecule has 7 nitrogen and oxygen atoms in total. The molecule has 0 bridgehead atoms. The van der Waals surface area contributed by atoms with Gasteiger partial charge in [-0.2, -0.15) is 0 Å². The van der Waals surface area contributed by atoms with E-state index in [0.29, 0.717) is 24.1 Å². The molecule has 1 saturated carbocycles. The van der Waals surface area contributed by atoms with Gasteiger partial charge in [-0.3, -0.25) is 4.79 Å². The first-order chi connectivity index (χ1) is 12.1. The molecule has 1 aromatic carbocycles. The Morgan fingerprint density at radius 1 is 1.28 bits per heavy atom. The number of likely N-dealkylation sites (tertiary alicyclic amines) is 1. The molecule has 1 aliphatic heterocycles. The molecule has 2 heterocycles. The number of benzene rings is 1. The van der Waals surface area contributed by atoms with Crippen LogP contribution in [0.15, 0.2) is 30.3 Å². The number of fused-ring (bicyclic) bond motifs is 1. The third kappa shape index (κ3) is 3.04. The maximum Gasteiger partial charge on any atom is 0.247 e. The van der Waals surface area contributed by atoms with Gasteiger partial charge in [0.05, 0.1) is 0 Å². The van der Waals surface area contributed by atoms with Gasteiger partial charge in [-0.1, -0.05) is 30.3 Å². The van der Waals surface area contributed by atoms with E-state index in [0.717, 1.165) is 31.5 Å². The second-order valence-corrected chi connectivity index (χ2v) is 7.28. The molecule has 4 rings (SSSR count). The van der Waals surface area contributed by atoms with Gasteiger partial charge in [-0.05, 0) is 47.6 Å². The van der Waals surface area contributed by atoms with Crippen molar-refractivity contribution in [2.75, 3.05) is 13.1 Å². The minimum atomic E-state index is -0.410. The second-order valence-electron chi connectivity index (χ2n) is 7.28. The highest BCUT2D eigenvalue weighted by molar-refractivity contribution is 5.81. The number of tetrazole rings is 1. The van der Waals surface area contributed by atoms with E-state index in [2.05, 4.69) is 15.5 Å². The molecule has 4 unspecified atom stereocenters. The fraction of sp³-hybridized carbons (Fsp3) is 0.556. The van der Waals surface area contributed by atoms with E-state index in [-0.39, 0.29) is 11.9 Å². The Balaban J connectivity index is 1.58. The lowest BCUT2D eigenvalue weighted by Gasteiger charge is -2.25. The van der Waals surface area contributed by atoms with Crippen molar-refractivity contribution < 1.29 is 4.79 Å². The number of hydrogen-bond acceptors (Lipinski definition) is 5. The first-order valence-electron chi connectivity index (χ1n) is 8.96. The van der Waals surface area contributed by atoms with Gasteiger partial charge in [0.15, 0.2) is 0 Å². The smallest absolute Gasteiger partial charge is 0.247 e. The Kier molecular flexibility index (Phi) is 4.25. The molecule has 2 aliphatic rings. The first kappa shape index (κ1) is 16.2. The van der Waals surface area contributed by atoms with E-state index < -0.39 is 6.04 Å². The Bertz CT molecular complexity index is 745. The maximum absolute atomic E-state index is 13.3. The van der Waals surface area contributed by atoms with Crippen LogP contribution in [0.3, 0.4) is 0 Å². The summed E-state index contributed by atoms with van der Waals surface area (Å²) in [4.78, 5) is 15.3. The topological polar surface area (TPSA) is 89.9 Å². The Morgan fingerprint density at radius 2 is 2.08 bits per heavy atom. The Labute approximate surface area is 147 Å². The van der Waals surface area contributed by atoms with Crippen LogP contribution in [-0.2, 0) is 11.2 Å². The van der Waals surface area contributed by atoms with Crippen LogP contribution in [0.2, 0.25) is 0 Å². The molecule has 0 radical (unpaired) electrons. The highest BCUT2D eigenvalue weighted by atomic mass is 16.2. The van der Waals surface area contributed by atoms with Crippen molar-refractivity contribution >= 4 is 5.91 Å². The van der Waals surface area contributed by atoms with Gasteiger partial charge in [0.1, 0.15) is 11.9 Å². The minimum absolute atomic E-state index is 0.0980. The molecule has 1 aromatic heterocycles. The molecule has 0 spiro atoms. The van der Waals surface area contributed by atoms with Crippen molar-refractivity contribution in [1.82, 2.24) is 25.1 Å². The largest absolute Gasteiger partial charge is 0.340 e. The number of carbonyl (C=O) groups excluding carboxylic acids is 1. The number of aryl methyl sites for hydroxylation is 1. The summed E-state index contributed by atoms with van der Waals surface area (Å²) >= 11 is 0. The lowest BCUT2D eigenvalue weighted by Crippen LogP contribution is -2.39. The van der Waals surface area contributed by atoms with Crippen LogP contribution in [-0.4, -0.2) is 50.1 Å². The van der Waals surface area contributed by atoms with Crippen molar-refractivity contribution in [3.8, 4) is 0 Å². The minimum Gasteiger partial charge on any atom is -0.340 e. The average Bonchev–Trinajstić information content (AvgIpc) is 3.31. The van der Waals surface area contributed by atoms with E-state index in [1.165, 1.54) is 0 Å². The fourth-order valence-corrected chi connectivity index (χ4v) is 4.34. The number of nitrogens with zero attached hydrogens (tertiary/aromatic N) is 5. The number of carbonyl (C=O) groups is 1. The highest BCUT2D eigenvalue weighted by Gasteiger charge is 2.44. The highest BCUT2D eigenvalue weighted by Crippen LogP contribution is 2.38. The van der Waals surface area contributed by atoms with Crippen LogP contribution in [0.25, 0.3) is 0 Å². The summed E-state index contributed by atoms with van der Waals surface area (Å²) in [6, 6.07) is 9.85. The van der Waals surface area contributed by atoms with E-state index >= 15 is 0 Å². The molecule has 1 aliphatic carbocycles. The van der Waals surface area contributed by atoms with Crippen molar-refractivity contribution in [2.45, 2.75) is 38.3 Å². The van der Waals surface area contributed by atoms with E-state index in [1.54, 1.807) is 4.68 Å². The lowest BCUT2D eigenvalue weighted by molar-refractivity contribution is -0.134. The molecule has 2 aromatic rings. The van der Waals surface area contributed by atoms with Crippen molar-refractivity contribution in [2.24, 2.45) is 17.6 Å². The molecule has 2 fully saturated rings. The van der Waals surface area contributed by atoms with Gasteiger partial charge in [0, 0.05) is 25.6 Å². The third-order valence-electron chi connectivity index (χ3n) is 5.73. The number of rotatable bonds is 4. The average molecular weight is 340 g/mol. The zero-order chi connectivity index (χ0) is 17.4. The van der Waals surface area contributed by atoms with Crippen molar-refractivity contribution in [3.63, 3.8) is 0 Å². The second kappa shape index (κ2) is 6.55. The number of amides is 1. The summed E-state index contributed by atoms with van der Waals surface area (Å²) < 4.78 is 1.66. The summed E-state index contributed by atoms with van der Waals surface area (Å²) in [6.07, 6.45) is 2.79. The number of aromatic nitrogens is 4. The SMILES string of the molecule is Cc1nnnn1C(Cc1ccccc1)C(=O)N1CC2CCC(N)C2C1. The van der Waals surface area contributed by atoms with Gasteiger partial charge in [-0.25, -0.2) is 4.68 Å². The summed E-state index contributed by atoms with van der Waals surface area (Å²) in [5.41, 5.74) is 7.33. The third-order valence-corrected chi connectivity index (χ3v) is 5.73. The Morgan fingerprint density at radius 3 is 2.76 bits per heavy atom. The molecule has 2 N–H and O–H groups in total. The monoisotopic (exact) mass is 340 g/mol. The predicted molar refractivity (Wildman–Crippen MR) is 92.5 cm³/mol. The lowest BCUT2D eigenvalue weighted by atomic mass is 9.98.